The van der Waals surface area contributed by atoms with Crippen molar-refractivity contribution in [2.24, 2.45) is 0 Å². The topological polar surface area (TPSA) is 81.2 Å². The van der Waals surface area contributed by atoms with Crippen LogP contribution in [0.1, 0.15) is 17.0 Å². The molecular formula is C14H20N4O2S. The molecule has 0 saturated carbocycles. The molecule has 0 aliphatic rings. The van der Waals surface area contributed by atoms with Gasteiger partial charge in [-0.3, -0.25) is 4.68 Å². The number of nitrogens with two attached hydrogens (primary N) is 1. The number of nitrogens with zero attached hydrogens (tertiary/aromatic N) is 3. The number of hydrogen-bond acceptors (Lipinski definition) is 4. The summed E-state index contributed by atoms with van der Waals surface area (Å²) in [6.07, 6.45) is 0. The zero-order valence-corrected chi connectivity index (χ0v) is 13.5. The van der Waals surface area contributed by atoms with Gasteiger partial charge in [0.15, 0.2) is 0 Å². The number of aryl methyl sites for hydroxylation is 1. The number of anilines is 1. The molecule has 0 saturated heterocycles. The Morgan fingerprint density at radius 2 is 1.95 bits per heavy atom. The summed E-state index contributed by atoms with van der Waals surface area (Å²) in [4.78, 5) is 0.277. The van der Waals surface area contributed by atoms with Crippen molar-refractivity contribution in [3.8, 4) is 0 Å². The molecule has 0 spiro atoms. The minimum absolute atomic E-state index is 0.277. The second kappa shape index (κ2) is 5.50. The average molecular weight is 308 g/mol. The van der Waals surface area contributed by atoms with Gasteiger partial charge in [-0.2, -0.15) is 5.10 Å². The molecule has 1 heterocycles. The molecule has 0 aliphatic carbocycles. The lowest BCUT2D eigenvalue weighted by Gasteiger charge is -2.12. The quantitative estimate of drug-likeness (QED) is 0.925. The molecule has 2 aromatic rings. The van der Waals surface area contributed by atoms with E-state index in [1.165, 1.54) is 18.4 Å². The second-order valence-electron chi connectivity index (χ2n) is 5.18. The molecule has 0 atom stereocenters. The summed E-state index contributed by atoms with van der Waals surface area (Å²) >= 11 is 0. The molecule has 2 N–H and O–H groups in total. The maximum atomic E-state index is 12.1. The lowest BCUT2D eigenvalue weighted by Crippen LogP contribution is -2.22. The van der Waals surface area contributed by atoms with E-state index in [-0.39, 0.29) is 4.90 Å². The van der Waals surface area contributed by atoms with Crippen molar-refractivity contribution < 1.29 is 8.42 Å². The van der Waals surface area contributed by atoms with Crippen molar-refractivity contribution in [2.75, 3.05) is 19.8 Å². The zero-order chi connectivity index (χ0) is 15.8. The van der Waals surface area contributed by atoms with E-state index in [0.29, 0.717) is 12.2 Å². The first-order valence-electron chi connectivity index (χ1n) is 6.54. The minimum atomic E-state index is -3.43. The van der Waals surface area contributed by atoms with Gasteiger partial charge < -0.3 is 5.73 Å². The third-order valence-electron chi connectivity index (χ3n) is 3.45. The van der Waals surface area contributed by atoms with Gasteiger partial charge in [0, 0.05) is 14.1 Å². The van der Waals surface area contributed by atoms with E-state index in [0.717, 1.165) is 17.0 Å². The van der Waals surface area contributed by atoms with E-state index in [4.69, 9.17) is 5.73 Å². The number of hydrogen-bond donors (Lipinski definition) is 1. The van der Waals surface area contributed by atoms with Gasteiger partial charge in [0.2, 0.25) is 10.0 Å². The summed E-state index contributed by atoms with van der Waals surface area (Å²) in [5, 5.41) is 4.36. The van der Waals surface area contributed by atoms with Crippen LogP contribution in [0, 0.1) is 13.8 Å². The molecule has 1 aromatic carbocycles. The summed E-state index contributed by atoms with van der Waals surface area (Å²) in [6.45, 7) is 4.24. The van der Waals surface area contributed by atoms with Crippen molar-refractivity contribution in [1.82, 2.24) is 14.1 Å². The normalized spacial score (nSPS) is 12.0. The Balaban J connectivity index is 2.37. The molecule has 2 rings (SSSR count). The summed E-state index contributed by atoms with van der Waals surface area (Å²) in [7, 11) is -0.391. The molecule has 0 fully saturated rings. The Morgan fingerprint density at radius 1 is 1.29 bits per heavy atom. The maximum absolute atomic E-state index is 12.1. The van der Waals surface area contributed by atoms with E-state index in [1.807, 2.05) is 19.9 Å². The van der Waals surface area contributed by atoms with Crippen molar-refractivity contribution in [3.05, 3.63) is 41.2 Å². The van der Waals surface area contributed by atoms with Gasteiger partial charge in [0.1, 0.15) is 0 Å². The molecule has 1 aromatic heterocycles. The first-order valence-corrected chi connectivity index (χ1v) is 7.98. The number of sulfonamides is 1. The van der Waals surface area contributed by atoms with Gasteiger partial charge in [-0.25, -0.2) is 12.7 Å². The fraction of sp³-hybridized carbons (Fsp3) is 0.357. The van der Waals surface area contributed by atoms with Gasteiger partial charge in [-0.05, 0) is 31.5 Å². The number of rotatable bonds is 4. The zero-order valence-electron chi connectivity index (χ0n) is 12.7. The third-order valence-corrected chi connectivity index (χ3v) is 5.26. The Morgan fingerprint density at radius 3 is 2.48 bits per heavy atom. The van der Waals surface area contributed by atoms with Gasteiger partial charge in [0.25, 0.3) is 0 Å². The maximum Gasteiger partial charge on any atom is 0.242 e. The van der Waals surface area contributed by atoms with Gasteiger partial charge >= 0.3 is 0 Å². The summed E-state index contributed by atoms with van der Waals surface area (Å²) in [6, 6.07) is 6.87. The predicted molar refractivity (Wildman–Crippen MR) is 82.5 cm³/mol. The molecule has 0 amide bonds. The van der Waals surface area contributed by atoms with E-state index in [9.17, 15) is 8.42 Å². The Kier molecular flexibility index (Phi) is 4.06. The monoisotopic (exact) mass is 308 g/mol. The van der Waals surface area contributed by atoms with E-state index >= 15 is 0 Å². The Bertz CT molecular complexity index is 763. The molecule has 0 unspecified atom stereocenters. The fourth-order valence-electron chi connectivity index (χ4n) is 2.05. The highest BCUT2D eigenvalue weighted by atomic mass is 32.2. The SMILES string of the molecule is Cc1nn(Cc2cccc(S(=O)(=O)N(C)C)c2)c(C)c1N. The highest BCUT2D eigenvalue weighted by Crippen LogP contribution is 2.19. The second-order valence-corrected chi connectivity index (χ2v) is 7.33. The predicted octanol–water partition coefficient (Wildman–Crippen LogP) is 1.38. The van der Waals surface area contributed by atoms with Crippen LogP contribution in [0.25, 0.3) is 0 Å². The van der Waals surface area contributed by atoms with Crippen LogP contribution in [-0.4, -0.2) is 36.6 Å². The van der Waals surface area contributed by atoms with Gasteiger partial charge in [0.05, 0.1) is 28.5 Å². The van der Waals surface area contributed by atoms with Crippen LogP contribution < -0.4 is 5.73 Å². The molecule has 6 nitrogen and oxygen atoms in total. The highest BCUT2D eigenvalue weighted by Gasteiger charge is 2.17. The Labute approximate surface area is 125 Å². The minimum Gasteiger partial charge on any atom is -0.396 e. The van der Waals surface area contributed by atoms with Crippen molar-refractivity contribution >= 4 is 15.7 Å². The number of nitrogen functional groups attached to an aromatic ring is 1. The van der Waals surface area contributed by atoms with Crippen molar-refractivity contribution in [1.29, 1.82) is 0 Å². The van der Waals surface area contributed by atoms with Crippen molar-refractivity contribution in [3.63, 3.8) is 0 Å². The lowest BCUT2D eigenvalue weighted by molar-refractivity contribution is 0.520. The molecule has 0 aliphatic heterocycles. The van der Waals surface area contributed by atoms with Crippen LogP contribution in [0.2, 0.25) is 0 Å². The molecule has 0 bridgehead atoms. The fourth-order valence-corrected chi connectivity index (χ4v) is 3.03. The molecule has 0 radical (unpaired) electrons. The van der Waals surface area contributed by atoms with Gasteiger partial charge in [-0.1, -0.05) is 12.1 Å². The molecule has 114 valence electrons. The summed E-state index contributed by atoms with van der Waals surface area (Å²) < 4.78 is 27.3. The van der Waals surface area contributed by atoms with Crippen LogP contribution in [0.5, 0.6) is 0 Å². The first kappa shape index (κ1) is 15.5. The lowest BCUT2D eigenvalue weighted by atomic mass is 10.2. The largest absolute Gasteiger partial charge is 0.396 e. The van der Waals surface area contributed by atoms with Crippen LogP contribution in [0.3, 0.4) is 0 Å². The summed E-state index contributed by atoms with van der Waals surface area (Å²) in [5.74, 6) is 0. The molecule has 7 heteroatoms. The standard InChI is InChI=1S/C14H20N4O2S/c1-10-14(15)11(2)18(16-10)9-12-6-5-7-13(8-12)21(19,20)17(3)4/h5-8H,9,15H2,1-4H3. The molecule has 21 heavy (non-hydrogen) atoms. The van der Waals surface area contributed by atoms with Crippen LogP contribution in [0.4, 0.5) is 5.69 Å². The van der Waals surface area contributed by atoms with Crippen LogP contribution in [0.15, 0.2) is 29.2 Å². The van der Waals surface area contributed by atoms with Gasteiger partial charge in [-0.15, -0.1) is 0 Å². The highest BCUT2D eigenvalue weighted by molar-refractivity contribution is 7.89. The first-order chi connectivity index (χ1) is 9.73. The average Bonchev–Trinajstić information content (AvgIpc) is 2.66. The van der Waals surface area contributed by atoms with E-state index < -0.39 is 10.0 Å². The number of benzene rings is 1. The van der Waals surface area contributed by atoms with Crippen LogP contribution in [-0.2, 0) is 16.6 Å². The smallest absolute Gasteiger partial charge is 0.242 e. The number of aromatic nitrogens is 2. The van der Waals surface area contributed by atoms with E-state index in [2.05, 4.69) is 5.10 Å². The third kappa shape index (κ3) is 2.93. The Hall–Kier alpha value is -1.86. The van der Waals surface area contributed by atoms with Crippen molar-refractivity contribution in [2.45, 2.75) is 25.3 Å². The summed E-state index contributed by atoms with van der Waals surface area (Å²) in [5.41, 5.74) is 9.11. The molecular weight excluding hydrogens is 288 g/mol. The van der Waals surface area contributed by atoms with Crippen LogP contribution >= 0.6 is 0 Å². The van der Waals surface area contributed by atoms with E-state index in [1.54, 1.807) is 22.9 Å².